The molecule has 36 heavy (non-hydrogen) atoms. The van der Waals surface area contributed by atoms with Crippen molar-refractivity contribution in [3.05, 3.63) is 75.4 Å². The molecule has 2 aromatic carbocycles. The van der Waals surface area contributed by atoms with Crippen molar-refractivity contribution in [3.8, 4) is 28.7 Å². The van der Waals surface area contributed by atoms with E-state index in [4.69, 9.17) is 4.74 Å². The molecular weight excluding hydrogens is 456 g/mol. The number of rotatable bonds is 8. The summed E-state index contributed by atoms with van der Waals surface area (Å²) in [6.07, 6.45) is 7.84. The van der Waals surface area contributed by atoms with Crippen LogP contribution in [0.2, 0.25) is 0 Å². The van der Waals surface area contributed by atoms with Gasteiger partial charge in [0.1, 0.15) is 40.4 Å². The highest BCUT2D eigenvalue weighted by atomic mass is 16.5. The summed E-state index contributed by atoms with van der Waals surface area (Å²) in [7, 11) is 0. The third kappa shape index (κ3) is 6.30. The molecule has 0 bridgehead atoms. The Morgan fingerprint density at radius 2 is 1.53 bits per heavy atom. The van der Waals surface area contributed by atoms with Crippen molar-refractivity contribution < 1.29 is 30.0 Å². The molecule has 2 aromatic rings. The molecular formula is C30H36O6. The Labute approximate surface area is 212 Å². The molecule has 3 rings (SSSR count). The smallest absolute Gasteiger partial charge is 0.174 e. The monoisotopic (exact) mass is 492 g/mol. The van der Waals surface area contributed by atoms with Gasteiger partial charge in [0.25, 0.3) is 0 Å². The van der Waals surface area contributed by atoms with Gasteiger partial charge in [-0.3, -0.25) is 4.79 Å². The fourth-order valence-electron chi connectivity index (χ4n) is 4.24. The zero-order chi connectivity index (χ0) is 26.6. The molecule has 0 amide bonds. The Morgan fingerprint density at radius 3 is 2.19 bits per heavy atom. The minimum atomic E-state index is -0.834. The molecule has 0 saturated heterocycles. The van der Waals surface area contributed by atoms with Crippen molar-refractivity contribution in [3.63, 3.8) is 0 Å². The number of benzene rings is 2. The van der Waals surface area contributed by atoms with E-state index in [2.05, 4.69) is 19.9 Å². The van der Waals surface area contributed by atoms with Crippen molar-refractivity contribution in [1.29, 1.82) is 0 Å². The fourth-order valence-corrected chi connectivity index (χ4v) is 4.24. The Kier molecular flexibility index (Phi) is 8.51. The minimum absolute atomic E-state index is 0.0355. The number of carbonyl (C=O) groups excluding carboxylic acids is 1. The predicted molar refractivity (Wildman–Crippen MR) is 141 cm³/mol. The van der Waals surface area contributed by atoms with E-state index >= 15 is 0 Å². The normalized spacial score (nSPS) is 15.2. The molecule has 0 unspecified atom stereocenters. The van der Waals surface area contributed by atoms with Crippen LogP contribution in [0.3, 0.4) is 0 Å². The SMILES string of the molecule is CC(C)=CCCC(C)=CCc1cc([C@@H]2CC(=O)c3c(O)cc(O)c(CC=C(C)C)c3O2)c(O)cc1O. The van der Waals surface area contributed by atoms with Crippen LogP contribution in [0.1, 0.15) is 87.0 Å². The topological polar surface area (TPSA) is 107 Å². The second-order valence-corrected chi connectivity index (χ2v) is 9.93. The van der Waals surface area contributed by atoms with E-state index in [-0.39, 0.29) is 46.5 Å². The van der Waals surface area contributed by atoms with E-state index in [1.165, 1.54) is 17.2 Å². The first-order valence-corrected chi connectivity index (χ1v) is 12.2. The summed E-state index contributed by atoms with van der Waals surface area (Å²) in [6, 6.07) is 4.09. The molecule has 1 aliphatic rings. The summed E-state index contributed by atoms with van der Waals surface area (Å²) in [5.74, 6) is -0.946. The van der Waals surface area contributed by atoms with Crippen molar-refractivity contribution in [1.82, 2.24) is 0 Å². The second kappa shape index (κ2) is 11.4. The maximum absolute atomic E-state index is 13.0. The third-order valence-electron chi connectivity index (χ3n) is 6.30. The van der Waals surface area contributed by atoms with Gasteiger partial charge in [0.05, 0.1) is 6.42 Å². The molecule has 192 valence electrons. The Balaban J connectivity index is 1.94. The molecule has 6 heteroatoms. The number of ketones is 1. The van der Waals surface area contributed by atoms with Crippen molar-refractivity contribution >= 4 is 5.78 Å². The minimum Gasteiger partial charge on any atom is -0.508 e. The summed E-state index contributed by atoms with van der Waals surface area (Å²) in [5.41, 5.74) is 4.90. The van der Waals surface area contributed by atoms with E-state index < -0.39 is 6.10 Å². The summed E-state index contributed by atoms with van der Waals surface area (Å²) in [4.78, 5) is 13.0. The lowest BCUT2D eigenvalue weighted by Crippen LogP contribution is -2.22. The molecule has 1 atom stereocenters. The number of phenols is 4. The maximum Gasteiger partial charge on any atom is 0.174 e. The first-order chi connectivity index (χ1) is 17.0. The fraction of sp³-hybridized carbons (Fsp3) is 0.367. The van der Waals surface area contributed by atoms with Crippen LogP contribution < -0.4 is 4.74 Å². The molecule has 1 aliphatic heterocycles. The number of hydrogen-bond acceptors (Lipinski definition) is 6. The first-order valence-electron chi connectivity index (χ1n) is 12.2. The van der Waals surface area contributed by atoms with E-state index in [9.17, 15) is 25.2 Å². The van der Waals surface area contributed by atoms with Gasteiger partial charge in [-0.15, -0.1) is 0 Å². The quantitative estimate of drug-likeness (QED) is 0.297. The zero-order valence-electron chi connectivity index (χ0n) is 21.7. The summed E-state index contributed by atoms with van der Waals surface area (Å²) < 4.78 is 6.16. The molecule has 4 N–H and O–H groups in total. The van der Waals surface area contributed by atoms with Gasteiger partial charge in [-0.1, -0.05) is 34.9 Å². The van der Waals surface area contributed by atoms with E-state index in [0.29, 0.717) is 29.5 Å². The molecule has 0 saturated carbocycles. The molecule has 6 nitrogen and oxygen atoms in total. The van der Waals surface area contributed by atoms with E-state index in [1.54, 1.807) is 6.07 Å². The number of Topliss-reactive ketones (excluding diaryl/α,β-unsaturated/α-hetero) is 1. The van der Waals surface area contributed by atoms with Gasteiger partial charge in [0.2, 0.25) is 0 Å². The highest BCUT2D eigenvalue weighted by molar-refractivity contribution is 6.03. The molecule has 0 radical (unpaired) electrons. The van der Waals surface area contributed by atoms with Gasteiger partial charge in [0.15, 0.2) is 5.78 Å². The lowest BCUT2D eigenvalue weighted by molar-refractivity contribution is 0.0839. The standard InChI is InChI=1S/C30H36O6/c1-17(2)7-6-8-19(5)10-11-20-13-22(25(33)14-23(20)31)28-16-27(35)29-26(34)15-24(32)21(30(29)36-28)12-9-18(3)4/h7,9-10,13-15,28,31-34H,6,8,11-12,16H2,1-5H3/t28-/m0/s1. The number of phenolic OH excluding ortho intramolecular Hbond substituents is 4. The zero-order valence-corrected chi connectivity index (χ0v) is 21.7. The Morgan fingerprint density at radius 1 is 0.861 bits per heavy atom. The van der Waals surface area contributed by atoms with Crippen molar-refractivity contribution in [2.75, 3.05) is 0 Å². The van der Waals surface area contributed by atoms with Gasteiger partial charge >= 0.3 is 0 Å². The number of fused-ring (bicyclic) bond motifs is 1. The molecule has 0 fully saturated rings. The van der Waals surface area contributed by atoms with Gasteiger partial charge in [0, 0.05) is 23.3 Å². The third-order valence-corrected chi connectivity index (χ3v) is 6.30. The summed E-state index contributed by atoms with van der Waals surface area (Å²) in [5, 5.41) is 41.9. The van der Waals surface area contributed by atoms with Crippen LogP contribution in [0.4, 0.5) is 0 Å². The predicted octanol–water partition coefficient (Wildman–Crippen LogP) is 6.96. The molecule has 0 aromatic heterocycles. The average molecular weight is 493 g/mol. The van der Waals surface area contributed by atoms with Crippen LogP contribution in [0.15, 0.2) is 53.1 Å². The summed E-state index contributed by atoms with van der Waals surface area (Å²) >= 11 is 0. The Hall–Kier alpha value is -3.67. The number of carbonyl (C=O) groups is 1. The largest absolute Gasteiger partial charge is 0.508 e. The van der Waals surface area contributed by atoms with Crippen molar-refractivity contribution in [2.45, 2.75) is 72.8 Å². The van der Waals surface area contributed by atoms with Gasteiger partial charge < -0.3 is 25.2 Å². The average Bonchev–Trinajstić information content (AvgIpc) is 2.77. The van der Waals surface area contributed by atoms with Crippen LogP contribution in [-0.2, 0) is 12.8 Å². The van der Waals surface area contributed by atoms with Crippen molar-refractivity contribution in [2.24, 2.45) is 0 Å². The Bertz CT molecular complexity index is 1240. The summed E-state index contributed by atoms with van der Waals surface area (Å²) in [6.45, 7) is 10.0. The first kappa shape index (κ1) is 26.9. The van der Waals surface area contributed by atoms with Crippen LogP contribution in [0.25, 0.3) is 0 Å². The maximum atomic E-state index is 13.0. The van der Waals surface area contributed by atoms with Crippen LogP contribution in [0.5, 0.6) is 28.7 Å². The number of hydrogen-bond donors (Lipinski definition) is 4. The highest BCUT2D eigenvalue weighted by Crippen LogP contribution is 2.47. The molecule has 0 aliphatic carbocycles. The van der Waals surface area contributed by atoms with Gasteiger partial charge in [-0.2, -0.15) is 0 Å². The number of allylic oxidation sites excluding steroid dienone is 6. The van der Waals surface area contributed by atoms with Gasteiger partial charge in [-0.05, 0) is 71.9 Å². The van der Waals surface area contributed by atoms with E-state index in [0.717, 1.165) is 24.5 Å². The molecule has 1 heterocycles. The second-order valence-electron chi connectivity index (χ2n) is 9.93. The van der Waals surface area contributed by atoms with Crippen LogP contribution >= 0.6 is 0 Å². The number of ether oxygens (including phenoxy) is 1. The van der Waals surface area contributed by atoms with E-state index in [1.807, 2.05) is 32.9 Å². The van der Waals surface area contributed by atoms with Gasteiger partial charge in [-0.25, -0.2) is 0 Å². The number of aromatic hydroxyl groups is 4. The lowest BCUT2D eigenvalue weighted by atomic mass is 9.91. The highest BCUT2D eigenvalue weighted by Gasteiger charge is 2.34. The van der Waals surface area contributed by atoms with Crippen LogP contribution in [-0.4, -0.2) is 26.2 Å². The molecule has 0 spiro atoms. The van der Waals surface area contributed by atoms with Crippen LogP contribution in [0, 0.1) is 0 Å². The lowest BCUT2D eigenvalue weighted by Gasteiger charge is -2.29.